The standard InChI is InChI=1S/C55H90O6/c1-4-7-10-13-16-19-22-25-27-28-31-33-36-39-42-45-48-54(57)60-51-52(50-59-53(56)47-44-41-38-35-32-29-24-21-18-15-12-9-6-3)61-55(58)49-46-43-40-37-34-30-26-23-20-17-14-11-8-5-2/h7-8,10-11,16-17,19-20,25,27,29,31-33,39,42,52H,4-6,9,12-15,18,21-24,26,28,30,34-38,40-41,43-51H2,1-3H3/b10-7-,11-8-,19-16-,20-17-,27-25-,32-29-,33-31-,42-39-. The topological polar surface area (TPSA) is 78.9 Å². The van der Waals surface area contributed by atoms with Crippen molar-refractivity contribution in [2.45, 2.75) is 219 Å². The van der Waals surface area contributed by atoms with Crippen molar-refractivity contribution in [2.75, 3.05) is 13.2 Å². The molecule has 6 nitrogen and oxygen atoms in total. The Labute approximate surface area is 375 Å². The van der Waals surface area contributed by atoms with Gasteiger partial charge < -0.3 is 14.2 Å². The SMILES string of the molecule is CC/C=C\C/C=C\C/C=C\C/C=C\C/C=C\CCC(=O)OCC(COC(=O)CCCCC/C=C\CCCCCCCC)OC(=O)CCCCCCCCC/C=C\C/C=C\CC. The maximum Gasteiger partial charge on any atom is 0.306 e. The van der Waals surface area contributed by atoms with E-state index in [2.05, 4.69) is 106 Å². The van der Waals surface area contributed by atoms with Gasteiger partial charge in [0.2, 0.25) is 0 Å². The molecular weight excluding hydrogens is 757 g/mol. The third kappa shape index (κ3) is 47.2. The molecule has 0 aliphatic carbocycles. The van der Waals surface area contributed by atoms with E-state index in [1.807, 2.05) is 12.2 Å². The third-order valence-electron chi connectivity index (χ3n) is 10.1. The van der Waals surface area contributed by atoms with Crippen LogP contribution in [0.25, 0.3) is 0 Å². The summed E-state index contributed by atoms with van der Waals surface area (Å²) in [6, 6.07) is 0. The molecule has 0 radical (unpaired) electrons. The summed E-state index contributed by atoms with van der Waals surface area (Å²) in [5.41, 5.74) is 0. The van der Waals surface area contributed by atoms with E-state index in [4.69, 9.17) is 14.2 Å². The lowest BCUT2D eigenvalue weighted by atomic mass is 10.1. The number of esters is 3. The molecule has 0 spiro atoms. The van der Waals surface area contributed by atoms with Crippen molar-refractivity contribution >= 4 is 17.9 Å². The van der Waals surface area contributed by atoms with Gasteiger partial charge in [0.15, 0.2) is 6.10 Å². The molecule has 1 atom stereocenters. The number of ether oxygens (including phenoxy) is 3. The molecule has 6 heteroatoms. The Balaban J connectivity index is 4.54. The first-order valence-electron chi connectivity index (χ1n) is 24.7. The number of carbonyl (C=O) groups excluding carboxylic acids is 3. The lowest BCUT2D eigenvalue weighted by Gasteiger charge is -2.18. The number of carbonyl (C=O) groups is 3. The van der Waals surface area contributed by atoms with Gasteiger partial charge in [-0.1, -0.05) is 189 Å². The predicted octanol–water partition coefficient (Wildman–Crippen LogP) is 16.2. The van der Waals surface area contributed by atoms with Crippen molar-refractivity contribution in [3.05, 3.63) is 97.2 Å². The molecule has 0 saturated heterocycles. The predicted molar refractivity (Wildman–Crippen MR) is 260 cm³/mol. The molecule has 0 rings (SSSR count). The summed E-state index contributed by atoms with van der Waals surface area (Å²) in [7, 11) is 0. The second-order valence-electron chi connectivity index (χ2n) is 16.0. The molecule has 0 heterocycles. The van der Waals surface area contributed by atoms with Crippen molar-refractivity contribution in [3.8, 4) is 0 Å². The molecule has 0 saturated carbocycles. The summed E-state index contributed by atoms with van der Waals surface area (Å²) in [5.74, 6) is -1.03. The van der Waals surface area contributed by atoms with Gasteiger partial charge in [0.1, 0.15) is 13.2 Å². The summed E-state index contributed by atoms with van der Waals surface area (Å²) in [5, 5.41) is 0. The van der Waals surface area contributed by atoms with Crippen LogP contribution in [-0.2, 0) is 28.6 Å². The average Bonchev–Trinajstić information content (AvgIpc) is 3.26. The third-order valence-corrected chi connectivity index (χ3v) is 10.1. The second-order valence-corrected chi connectivity index (χ2v) is 16.0. The number of unbranched alkanes of at least 4 members (excludes halogenated alkanes) is 16. The van der Waals surface area contributed by atoms with Gasteiger partial charge in [-0.15, -0.1) is 0 Å². The van der Waals surface area contributed by atoms with E-state index in [0.29, 0.717) is 19.3 Å². The highest BCUT2D eigenvalue weighted by Crippen LogP contribution is 2.13. The minimum absolute atomic E-state index is 0.113. The Morgan fingerprint density at radius 1 is 0.344 bits per heavy atom. The minimum atomic E-state index is -0.817. The van der Waals surface area contributed by atoms with E-state index in [0.717, 1.165) is 103 Å². The van der Waals surface area contributed by atoms with Gasteiger partial charge in [-0.3, -0.25) is 14.4 Å². The molecule has 61 heavy (non-hydrogen) atoms. The van der Waals surface area contributed by atoms with E-state index in [-0.39, 0.29) is 37.5 Å². The molecule has 0 aromatic rings. The Kier molecular flexibility index (Phi) is 46.0. The fourth-order valence-electron chi connectivity index (χ4n) is 6.40. The lowest BCUT2D eigenvalue weighted by Crippen LogP contribution is -2.30. The molecule has 0 bridgehead atoms. The molecule has 0 aliphatic heterocycles. The minimum Gasteiger partial charge on any atom is -0.462 e. The number of rotatable bonds is 43. The summed E-state index contributed by atoms with van der Waals surface area (Å²) >= 11 is 0. The molecular formula is C55H90O6. The van der Waals surface area contributed by atoms with Crippen LogP contribution in [0.1, 0.15) is 213 Å². The number of hydrogen-bond acceptors (Lipinski definition) is 6. The van der Waals surface area contributed by atoms with Gasteiger partial charge in [-0.25, -0.2) is 0 Å². The van der Waals surface area contributed by atoms with E-state index in [1.54, 1.807) is 0 Å². The van der Waals surface area contributed by atoms with E-state index < -0.39 is 6.10 Å². The van der Waals surface area contributed by atoms with Gasteiger partial charge in [0, 0.05) is 19.3 Å². The van der Waals surface area contributed by atoms with Crippen LogP contribution in [0.4, 0.5) is 0 Å². The fraction of sp³-hybridized carbons (Fsp3) is 0.655. The molecule has 0 amide bonds. The summed E-state index contributed by atoms with van der Waals surface area (Å²) < 4.78 is 16.7. The Bertz CT molecular complexity index is 1250. The molecule has 0 aromatic heterocycles. The van der Waals surface area contributed by atoms with Crippen LogP contribution >= 0.6 is 0 Å². The second kappa shape index (κ2) is 49.0. The maximum absolute atomic E-state index is 12.8. The zero-order valence-corrected chi connectivity index (χ0v) is 39.4. The van der Waals surface area contributed by atoms with Gasteiger partial charge >= 0.3 is 17.9 Å². The molecule has 0 aromatic carbocycles. The first-order valence-corrected chi connectivity index (χ1v) is 24.7. The number of hydrogen-bond donors (Lipinski definition) is 0. The van der Waals surface area contributed by atoms with Crippen LogP contribution in [0.3, 0.4) is 0 Å². The van der Waals surface area contributed by atoms with E-state index >= 15 is 0 Å². The Morgan fingerprint density at radius 2 is 0.672 bits per heavy atom. The van der Waals surface area contributed by atoms with Crippen LogP contribution in [0, 0.1) is 0 Å². The van der Waals surface area contributed by atoms with E-state index in [9.17, 15) is 14.4 Å². The van der Waals surface area contributed by atoms with Crippen molar-refractivity contribution in [1.29, 1.82) is 0 Å². The zero-order valence-electron chi connectivity index (χ0n) is 39.4. The summed E-state index contributed by atoms with van der Waals surface area (Å²) in [4.78, 5) is 37.9. The van der Waals surface area contributed by atoms with Crippen LogP contribution in [0.2, 0.25) is 0 Å². The normalized spacial score (nSPS) is 12.9. The largest absolute Gasteiger partial charge is 0.462 e. The Morgan fingerprint density at radius 3 is 1.13 bits per heavy atom. The van der Waals surface area contributed by atoms with Crippen molar-refractivity contribution in [1.82, 2.24) is 0 Å². The van der Waals surface area contributed by atoms with E-state index in [1.165, 1.54) is 64.2 Å². The highest BCUT2D eigenvalue weighted by Gasteiger charge is 2.19. The van der Waals surface area contributed by atoms with Crippen molar-refractivity contribution in [3.63, 3.8) is 0 Å². The highest BCUT2D eigenvalue weighted by atomic mass is 16.6. The van der Waals surface area contributed by atoms with Gasteiger partial charge in [0.25, 0.3) is 0 Å². The van der Waals surface area contributed by atoms with Crippen LogP contribution in [0.15, 0.2) is 97.2 Å². The van der Waals surface area contributed by atoms with Crippen LogP contribution < -0.4 is 0 Å². The quantitative estimate of drug-likeness (QED) is 0.0263. The van der Waals surface area contributed by atoms with Crippen molar-refractivity contribution < 1.29 is 28.6 Å². The van der Waals surface area contributed by atoms with Gasteiger partial charge in [-0.05, 0) is 103 Å². The first-order chi connectivity index (χ1) is 30.0. The molecule has 346 valence electrons. The zero-order chi connectivity index (χ0) is 44.4. The maximum atomic E-state index is 12.8. The smallest absolute Gasteiger partial charge is 0.306 e. The van der Waals surface area contributed by atoms with Gasteiger partial charge in [0.05, 0.1) is 0 Å². The summed E-state index contributed by atoms with van der Waals surface area (Å²) in [6.45, 7) is 6.31. The summed E-state index contributed by atoms with van der Waals surface area (Å²) in [6.07, 6.45) is 64.0. The number of allylic oxidation sites excluding steroid dienone is 16. The Hall–Kier alpha value is -3.67. The molecule has 0 fully saturated rings. The fourth-order valence-corrected chi connectivity index (χ4v) is 6.40. The highest BCUT2D eigenvalue weighted by molar-refractivity contribution is 5.71. The molecule has 0 aliphatic rings. The molecule has 0 N–H and O–H groups in total. The monoisotopic (exact) mass is 847 g/mol. The molecule has 1 unspecified atom stereocenters. The average molecular weight is 847 g/mol. The van der Waals surface area contributed by atoms with Crippen LogP contribution in [0.5, 0.6) is 0 Å². The lowest BCUT2D eigenvalue weighted by molar-refractivity contribution is -0.166. The van der Waals surface area contributed by atoms with Crippen LogP contribution in [-0.4, -0.2) is 37.2 Å². The van der Waals surface area contributed by atoms with Crippen molar-refractivity contribution in [2.24, 2.45) is 0 Å². The van der Waals surface area contributed by atoms with Gasteiger partial charge in [-0.2, -0.15) is 0 Å². The first kappa shape index (κ1) is 57.3.